The zero-order chi connectivity index (χ0) is 22.0. The molecule has 1 rings (SSSR count). The van der Waals surface area contributed by atoms with E-state index < -0.39 is 0 Å². The lowest BCUT2D eigenvalue weighted by atomic mass is 10.1. The quantitative estimate of drug-likeness (QED) is 0.195. The SMILES string of the molecule is CCCCCCCCCCCCCC(=O)N/N=C/c1cc(OC)c(OC)cc1OC. The molecule has 0 aromatic heterocycles. The molecule has 0 heterocycles. The topological polar surface area (TPSA) is 69.2 Å². The first kappa shape index (κ1) is 25.8. The number of rotatable bonds is 17. The van der Waals surface area contributed by atoms with Crippen LogP contribution in [0.3, 0.4) is 0 Å². The number of nitrogens with zero attached hydrogens (tertiary/aromatic N) is 1. The number of methoxy groups -OCH3 is 3. The maximum absolute atomic E-state index is 12.0. The van der Waals surface area contributed by atoms with Crippen LogP contribution in [0.25, 0.3) is 0 Å². The molecule has 0 radical (unpaired) electrons. The minimum absolute atomic E-state index is 0.0679. The number of unbranched alkanes of at least 4 members (excludes halogenated alkanes) is 10. The van der Waals surface area contributed by atoms with Gasteiger partial charge in [0.1, 0.15) is 5.75 Å². The van der Waals surface area contributed by atoms with Crippen molar-refractivity contribution in [3.05, 3.63) is 17.7 Å². The first-order valence-corrected chi connectivity index (χ1v) is 11.3. The van der Waals surface area contributed by atoms with E-state index in [0.717, 1.165) is 12.8 Å². The number of carbonyl (C=O) groups is 1. The molecule has 1 amide bonds. The van der Waals surface area contributed by atoms with E-state index in [9.17, 15) is 4.79 Å². The third-order valence-corrected chi connectivity index (χ3v) is 5.14. The van der Waals surface area contributed by atoms with Crippen molar-refractivity contribution in [1.29, 1.82) is 0 Å². The average molecular weight is 421 g/mol. The smallest absolute Gasteiger partial charge is 0.240 e. The number of nitrogens with one attached hydrogen (secondary N) is 1. The number of ether oxygens (including phenoxy) is 3. The van der Waals surface area contributed by atoms with Crippen molar-refractivity contribution < 1.29 is 19.0 Å². The summed E-state index contributed by atoms with van der Waals surface area (Å²) in [4.78, 5) is 12.0. The summed E-state index contributed by atoms with van der Waals surface area (Å²) >= 11 is 0. The van der Waals surface area contributed by atoms with Crippen molar-refractivity contribution >= 4 is 12.1 Å². The summed E-state index contributed by atoms with van der Waals surface area (Å²) < 4.78 is 15.9. The van der Waals surface area contributed by atoms with E-state index in [-0.39, 0.29) is 5.91 Å². The van der Waals surface area contributed by atoms with E-state index in [0.29, 0.717) is 29.2 Å². The highest BCUT2D eigenvalue weighted by molar-refractivity contribution is 5.86. The predicted molar refractivity (Wildman–Crippen MR) is 123 cm³/mol. The van der Waals surface area contributed by atoms with Gasteiger partial charge in [-0.3, -0.25) is 4.79 Å². The van der Waals surface area contributed by atoms with Crippen LogP contribution in [0, 0.1) is 0 Å². The summed E-state index contributed by atoms with van der Waals surface area (Å²) in [5.74, 6) is 1.68. The van der Waals surface area contributed by atoms with Gasteiger partial charge in [-0.15, -0.1) is 0 Å². The van der Waals surface area contributed by atoms with Crippen LogP contribution in [-0.2, 0) is 4.79 Å². The molecule has 0 fully saturated rings. The molecule has 6 nitrogen and oxygen atoms in total. The van der Waals surface area contributed by atoms with Crippen molar-refractivity contribution in [2.75, 3.05) is 21.3 Å². The molecule has 0 aliphatic heterocycles. The Labute approximate surface area is 182 Å². The lowest BCUT2D eigenvalue weighted by molar-refractivity contribution is -0.121. The Morgan fingerprint density at radius 1 is 0.800 bits per heavy atom. The molecule has 0 aliphatic carbocycles. The van der Waals surface area contributed by atoms with Crippen LogP contribution in [0.2, 0.25) is 0 Å². The molecule has 0 saturated carbocycles. The van der Waals surface area contributed by atoms with Crippen LogP contribution in [0.15, 0.2) is 17.2 Å². The molecule has 1 aromatic carbocycles. The van der Waals surface area contributed by atoms with Gasteiger partial charge in [-0.1, -0.05) is 71.1 Å². The van der Waals surface area contributed by atoms with E-state index in [1.54, 1.807) is 39.7 Å². The van der Waals surface area contributed by atoms with E-state index in [2.05, 4.69) is 17.5 Å². The summed E-state index contributed by atoms with van der Waals surface area (Å²) in [6.07, 6.45) is 16.0. The number of hydrogen-bond acceptors (Lipinski definition) is 5. The summed E-state index contributed by atoms with van der Waals surface area (Å²) in [6.45, 7) is 2.25. The van der Waals surface area contributed by atoms with Crippen LogP contribution in [-0.4, -0.2) is 33.5 Å². The van der Waals surface area contributed by atoms with E-state index >= 15 is 0 Å². The van der Waals surface area contributed by atoms with E-state index in [1.165, 1.54) is 57.8 Å². The Kier molecular flexibility index (Phi) is 14.2. The van der Waals surface area contributed by atoms with Gasteiger partial charge in [0.2, 0.25) is 5.91 Å². The van der Waals surface area contributed by atoms with Crippen molar-refractivity contribution in [1.82, 2.24) is 5.43 Å². The fourth-order valence-corrected chi connectivity index (χ4v) is 3.33. The highest BCUT2D eigenvalue weighted by Crippen LogP contribution is 2.33. The summed E-state index contributed by atoms with van der Waals surface area (Å²) in [6, 6.07) is 3.49. The fraction of sp³-hybridized carbons (Fsp3) is 0.667. The van der Waals surface area contributed by atoms with E-state index in [4.69, 9.17) is 14.2 Å². The molecule has 0 atom stereocenters. The van der Waals surface area contributed by atoms with Crippen molar-refractivity contribution in [2.24, 2.45) is 5.10 Å². The summed E-state index contributed by atoms with van der Waals surface area (Å²) in [5.41, 5.74) is 3.29. The van der Waals surface area contributed by atoms with Crippen LogP contribution in [0.5, 0.6) is 17.2 Å². The first-order chi connectivity index (χ1) is 14.7. The minimum Gasteiger partial charge on any atom is -0.496 e. The Balaban J connectivity index is 2.22. The third-order valence-electron chi connectivity index (χ3n) is 5.14. The van der Waals surface area contributed by atoms with E-state index in [1.807, 2.05) is 0 Å². The molecule has 0 aliphatic rings. The number of carbonyl (C=O) groups excluding carboxylic acids is 1. The highest BCUT2D eigenvalue weighted by Gasteiger charge is 2.10. The molecule has 0 bridgehead atoms. The second-order valence-corrected chi connectivity index (χ2v) is 7.53. The largest absolute Gasteiger partial charge is 0.496 e. The highest BCUT2D eigenvalue weighted by atomic mass is 16.5. The van der Waals surface area contributed by atoms with Crippen LogP contribution >= 0.6 is 0 Å². The number of hydrogen-bond donors (Lipinski definition) is 1. The predicted octanol–water partition coefficient (Wildman–Crippen LogP) is 5.86. The molecular formula is C24H40N2O4. The zero-order valence-electron chi connectivity index (χ0n) is 19.3. The third kappa shape index (κ3) is 10.5. The van der Waals surface area contributed by atoms with Gasteiger partial charge in [0.05, 0.1) is 27.5 Å². The summed E-state index contributed by atoms with van der Waals surface area (Å²) in [5, 5.41) is 4.05. The summed E-state index contributed by atoms with van der Waals surface area (Å²) in [7, 11) is 4.71. The molecule has 170 valence electrons. The Morgan fingerprint density at radius 3 is 1.83 bits per heavy atom. The van der Waals surface area contributed by atoms with Crippen molar-refractivity contribution in [2.45, 2.75) is 84.0 Å². The molecule has 1 aromatic rings. The molecule has 1 N–H and O–H groups in total. The molecule has 0 saturated heterocycles. The zero-order valence-corrected chi connectivity index (χ0v) is 19.3. The molecule has 30 heavy (non-hydrogen) atoms. The molecular weight excluding hydrogens is 380 g/mol. The lowest BCUT2D eigenvalue weighted by Crippen LogP contribution is -2.17. The van der Waals surface area contributed by atoms with Gasteiger partial charge in [-0.05, 0) is 12.5 Å². The van der Waals surface area contributed by atoms with Crippen LogP contribution in [0.1, 0.15) is 89.5 Å². The Hall–Kier alpha value is -2.24. The van der Waals surface area contributed by atoms with Crippen molar-refractivity contribution in [3.8, 4) is 17.2 Å². The monoisotopic (exact) mass is 420 g/mol. The fourth-order valence-electron chi connectivity index (χ4n) is 3.33. The van der Waals surface area contributed by atoms with Gasteiger partial charge in [-0.25, -0.2) is 5.43 Å². The van der Waals surface area contributed by atoms with Gasteiger partial charge in [0.25, 0.3) is 0 Å². The molecule has 0 spiro atoms. The van der Waals surface area contributed by atoms with Gasteiger partial charge >= 0.3 is 0 Å². The van der Waals surface area contributed by atoms with Gasteiger partial charge < -0.3 is 14.2 Å². The molecule has 0 unspecified atom stereocenters. The molecule has 6 heteroatoms. The lowest BCUT2D eigenvalue weighted by Gasteiger charge is -2.11. The normalized spacial score (nSPS) is 10.9. The number of benzene rings is 1. The van der Waals surface area contributed by atoms with Crippen molar-refractivity contribution in [3.63, 3.8) is 0 Å². The van der Waals surface area contributed by atoms with Gasteiger partial charge in [0, 0.05) is 18.1 Å². The van der Waals surface area contributed by atoms with Crippen LogP contribution < -0.4 is 19.6 Å². The van der Waals surface area contributed by atoms with Crippen LogP contribution in [0.4, 0.5) is 0 Å². The maximum Gasteiger partial charge on any atom is 0.240 e. The Bertz CT molecular complexity index is 632. The van der Waals surface area contributed by atoms with Gasteiger partial charge in [-0.2, -0.15) is 5.10 Å². The Morgan fingerprint density at radius 2 is 1.30 bits per heavy atom. The maximum atomic E-state index is 12.0. The first-order valence-electron chi connectivity index (χ1n) is 11.3. The number of amides is 1. The second kappa shape index (κ2) is 16.5. The standard InChI is InChI=1S/C24H40N2O4/c1-5-6-7-8-9-10-11-12-13-14-15-16-24(27)26-25-19-20-17-22(29-3)23(30-4)18-21(20)28-2/h17-19H,5-16H2,1-4H3,(H,26,27)/b25-19+. The van der Waals surface area contributed by atoms with Gasteiger partial charge in [0.15, 0.2) is 11.5 Å². The number of hydrazone groups is 1. The second-order valence-electron chi connectivity index (χ2n) is 7.53. The minimum atomic E-state index is -0.0679. The average Bonchev–Trinajstić information content (AvgIpc) is 2.76.